The third-order valence-corrected chi connectivity index (χ3v) is 4.44. The van der Waals surface area contributed by atoms with Crippen LogP contribution < -0.4 is 5.32 Å². The van der Waals surface area contributed by atoms with Crippen LogP contribution in [0.5, 0.6) is 0 Å². The molecule has 128 valence electrons. The molecule has 1 amide bonds. The second-order valence-corrected chi connectivity index (χ2v) is 6.20. The summed E-state index contributed by atoms with van der Waals surface area (Å²) in [7, 11) is 0. The molecule has 7 heteroatoms. The highest BCUT2D eigenvalue weighted by molar-refractivity contribution is 6.31. The van der Waals surface area contributed by atoms with E-state index in [1.54, 1.807) is 23.1 Å². The number of nitrogens with one attached hydrogen (secondary N) is 1. The summed E-state index contributed by atoms with van der Waals surface area (Å²) >= 11 is 6.08. The quantitative estimate of drug-likeness (QED) is 0.778. The molecule has 1 aromatic carbocycles. The van der Waals surface area contributed by atoms with Crippen LogP contribution >= 0.6 is 11.6 Å². The maximum absolute atomic E-state index is 12.1. The Morgan fingerprint density at radius 3 is 2.44 bits per heavy atom. The number of halogens is 1. The average Bonchev–Trinajstić information content (AvgIpc) is 2.85. The number of aromatic nitrogens is 4. The van der Waals surface area contributed by atoms with Crippen LogP contribution in [0.3, 0.4) is 0 Å². The number of amides is 1. The van der Waals surface area contributed by atoms with Gasteiger partial charge in [0.25, 0.3) is 5.95 Å². The Kier molecular flexibility index (Phi) is 4.81. The highest BCUT2D eigenvalue weighted by Crippen LogP contribution is 2.17. The number of carbonyl (C=O) groups excluding carboxylic acids is 1. The zero-order chi connectivity index (χ0) is 18.0. The van der Waals surface area contributed by atoms with Crippen molar-refractivity contribution in [3.05, 3.63) is 64.2 Å². The molecule has 3 rings (SSSR count). The maximum atomic E-state index is 12.1. The van der Waals surface area contributed by atoms with Crippen LogP contribution in [0, 0.1) is 20.8 Å². The molecule has 0 aliphatic carbocycles. The summed E-state index contributed by atoms with van der Waals surface area (Å²) in [6.45, 7) is 5.93. The number of anilines is 1. The Labute approximate surface area is 150 Å². The minimum absolute atomic E-state index is 0.175. The molecule has 0 bridgehead atoms. The van der Waals surface area contributed by atoms with E-state index in [1.165, 1.54) is 0 Å². The van der Waals surface area contributed by atoms with Gasteiger partial charge in [0, 0.05) is 10.7 Å². The van der Waals surface area contributed by atoms with E-state index >= 15 is 0 Å². The van der Waals surface area contributed by atoms with E-state index in [2.05, 4.69) is 20.4 Å². The van der Waals surface area contributed by atoms with Gasteiger partial charge in [-0.15, -0.1) is 0 Å². The van der Waals surface area contributed by atoms with E-state index in [9.17, 15) is 4.79 Å². The van der Waals surface area contributed by atoms with Crippen molar-refractivity contribution in [2.24, 2.45) is 0 Å². The normalized spacial score (nSPS) is 10.7. The fraction of sp³-hybridized carbons (Fsp3) is 0.222. The number of carbonyl (C=O) groups is 1. The number of aryl methyl sites for hydroxylation is 1. The Morgan fingerprint density at radius 1 is 1.16 bits per heavy atom. The zero-order valence-electron chi connectivity index (χ0n) is 14.2. The maximum Gasteiger partial charge on any atom is 0.250 e. The smallest absolute Gasteiger partial charge is 0.250 e. The number of benzene rings is 1. The monoisotopic (exact) mass is 355 g/mol. The van der Waals surface area contributed by atoms with Gasteiger partial charge in [0.05, 0.1) is 30.2 Å². The Bertz CT molecular complexity index is 918. The van der Waals surface area contributed by atoms with Gasteiger partial charge in [-0.05, 0) is 38.0 Å². The molecule has 2 heterocycles. The summed E-state index contributed by atoms with van der Waals surface area (Å²) in [5, 5.41) is 7.77. The molecule has 0 saturated carbocycles. The summed E-state index contributed by atoms with van der Waals surface area (Å²) in [6, 6.07) is 7.27. The van der Waals surface area contributed by atoms with E-state index in [0.29, 0.717) is 16.7 Å². The van der Waals surface area contributed by atoms with Crippen molar-refractivity contribution >= 4 is 23.2 Å². The third kappa shape index (κ3) is 3.69. The summed E-state index contributed by atoms with van der Waals surface area (Å²) in [4.78, 5) is 20.7. The summed E-state index contributed by atoms with van der Waals surface area (Å²) in [5.41, 5.74) is 4.35. The van der Waals surface area contributed by atoms with Crippen LogP contribution in [0.1, 0.15) is 22.5 Å². The predicted molar refractivity (Wildman–Crippen MR) is 97.2 cm³/mol. The predicted octanol–water partition coefficient (Wildman–Crippen LogP) is 3.42. The van der Waals surface area contributed by atoms with Gasteiger partial charge in [0.2, 0.25) is 5.91 Å². The Hall–Kier alpha value is -2.73. The van der Waals surface area contributed by atoms with Gasteiger partial charge in [-0.3, -0.25) is 4.79 Å². The second kappa shape index (κ2) is 7.03. The second-order valence-electron chi connectivity index (χ2n) is 5.80. The highest BCUT2D eigenvalue weighted by Gasteiger charge is 2.12. The summed E-state index contributed by atoms with van der Waals surface area (Å²) in [6.07, 6.45) is 3.33. The van der Waals surface area contributed by atoms with Crippen molar-refractivity contribution in [2.45, 2.75) is 27.2 Å². The molecule has 0 radical (unpaired) electrons. The molecule has 0 saturated heterocycles. The van der Waals surface area contributed by atoms with Gasteiger partial charge >= 0.3 is 0 Å². The van der Waals surface area contributed by atoms with Gasteiger partial charge in [-0.2, -0.15) is 5.10 Å². The molecule has 2 aromatic heterocycles. The van der Waals surface area contributed by atoms with E-state index in [1.807, 2.05) is 39.0 Å². The van der Waals surface area contributed by atoms with Crippen molar-refractivity contribution in [3.63, 3.8) is 0 Å². The van der Waals surface area contributed by atoms with Crippen LogP contribution in [0.4, 0.5) is 5.69 Å². The van der Waals surface area contributed by atoms with E-state index in [-0.39, 0.29) is 12.3 Å². The van der Waals surface area contributed by atoms with Gasteiger partial charge < -0.3 is 5.32 Å². The summed E-state index contributed by atoms with van der Waals surface area (Å²) < 4.78 is 1.69. The Balaban J connectivity index is 1.71. The molecule has 25 heavy (non-hydrogen) atoms. The lowest BCUT2D eigenvalue weighted by Crippen LogP contribution is -2.15. The van der Waals surface area contributed by atoms with Crippen LogP contribution in [0.15, 0.2) is 36.7 Å². The van der Waals surface area contributed by atoms with Gasteiger partial charge in [-0.1, -0.05) is 29.8 Å². The van der Waals surface area contributed by atoms with Crippen molar-refractivity contribution < 1.29 is 4.79 Å². The van der Waals surface area contributed by atoms with Crippen LogP contribution in [0.2, 0.25) is 5.02 Å². The fourth-order valence-corrected chi connectivity index (χ4v) is 2.63. The van der Waals surface area contributed by atoms with E-state index in [0.717, 1.165) is 22.5 Å². The largest absolute Gasteiger partial charge is 0.323 e. The molecule has 0 atom stereocenters. The number of rotatable bonds is 4. The van der Waals surface area contributed by atoms with Crippen molar-refractivity contribution in [1.29, 1.82) is 0 Å². The standard InChI is InChI=1S/C18H18ClN5O/c1-11-12(2)23-24(13(11)3)18-20-9-15(10-21-18)22-17(25)8-14-6-4-5-7-16(14)19/h4-7,9-10H,8H2,1-3H3,(H,22,25). The number of hydrogen-bond donors (Lipinski definition) is 1. The molecular formula is C18H18ClN5O. The van der Waals surface area contributed by atoms with Gasteiger partial charge in [0.1, 0.15) is 0 Å². The first kappa shape index (κ1) is 17.1. The lowest BCUT2D eigenvalue weighted by atomic mass is 10.1. The molecule has 0 fully saturated rings. The molecule has 0 aliphatic rings. The zero-order valence-corrected chi connectivity index (χ0v) is 15.0. The molecule has 3 aromatic rings. The molecule has 1 N–H and O–H groups in total. The SMILES string of the molecule is Cc1nn(-c2ncc(NC(=O)Cc3ccccc3Cl)cn2)c(C)c1C. The van der Waals surface area contributed by atoms with Gasteiger partial charge in [0.15, 0.2) is 0 Å². The lowest BCUT2D eigenvalue weighted by Gasteiger charge is -2.07. The third-order valence-electron chi connectivity index (χ3n) is 4.07. The van der Waals surface area contributed by atoms with Gasteiger partial charge in [-0.25, -0.2) is 14.6 Å². The Morgan fingerprint density at radius 2 is 1.84 bits per heavy atom. The first-order chi connectivity index (χ1) is 12.0. The molecular weight excluding hydrogens is 338 g/mol. The van der Waals surface area contributed by atoms with Crippen molar-refractivity contribution in [1.82, 2.24) is 19.7 Å². The molecule has 0 spiro atoms. The van der Waals surface area contributed by atoms with Crippen molar-refractivity contribution in [2.75, 3.05) is 5.32 Å². The minimum atomic E-state index is -0.175. The van der Waals surface area contributed by atoms with Crippen LogP contribution in [-0.2, 0) is 11.2 Å². The lowest BCUT2D eigenvalue weighted by molar-refractivity contribution is -0.115. The summed E-state index contributed by atoms with van der Waals surface area (Å²) in [5.74, 6) is 0.296. The van der Waals surface area contributed by atoms with E-state index < -0.39 is 0 Å². The van der Waals surface area contributed by atoms with Crippen LogP contribution in [-0.4, -0.2) is 25.7 Å². The number of nitrogens with zero attached hydrogens (tertiary/aromatic N) is 4. The topological polar surface area (TPSA) is 72.7 Å². The highest BCUT2D eigenvalue weighted by atomic mass is 35.5. The van der Waals surface area contributed by atoms with E-state index in [4.69, 9.17) is 11.6 Å². The molecule has 6 nitrogen and oxygen atoms in total. The van der Waals surface area contributed by atoms with Crippen LogP contribution in [0.25, 0.3) is 5.95 Å². The number of hydrogen-bond acceptors (Lipinski definition) is 4. The minimum Gasteiger partial charge on any atom is -0.323 e. The first-order valence-corrected chi connectivity index (χ1v) is 8.22. The molecule has 0 unspecified atom stereocenters. The van der Waals surface area contributed by atoms with Crippen molar-refractivity contribution in [3.8, 4) is 5.95 Å². The average molecular weight is 356 g/mol. The molecule has 0 aliphatic heterocycles. The fourth-order valence-electron chi connectivity index (χ4n) is 2.43. The first-order valence-electron chi connectivity index (χ1n) is 7.84.